The molecule has 0 aromatic rings. The minimum absolute atomic E-state index is 0.183. The zero-order valence-corrected chi connectivity index (χ0v) is 11.0. The van der Waals surface area contributed by atoms with E-state index in [1.165, 1.54) is 6.42 Å². The molecule has 2 rings (SSSR count). The highest BCUT2D eigenvalue weighted by Crippen LogP contribution is 2.29. The van der Waals surface area contributed by atoms with Gasteiger partial charge in [-0.15, -0.1) is 0 Å². The van der Waals surface area contributed by atoms with Crippen LogP contribution in [0.1, 0.15) is 26.2 Å². The molecule has 0 amide bonds. The Bertz CT molecular complexity index is 229. The standard InChI is InChI=1S/C13H26N2O2/c1-12-8-15(5-3-7-17-12)10-13(9-14)4-2-6-16-11-13/h12H,2-11,14H2,1H3. The quantitative estimate of drug-likeness (QED) is 0.797. The van der Waals surface area contributed by atoms with Crippen LogP contribution in [-0.4, -0.2) is 57.0 Å². The third-order valence-corrected chi connectivity index (χ3v) is 3.93. The van der Waals surface area contributed by atoms with E-state index >= 15 is 0 Å². The molecule has 0 spiro atoms. The molecule has 2 aliphatic rings. The lowest BCUT2D eigenvalue weighted by Crippen LogP contribution is -2.48. The van der Waals surface area contributed by atoms with Crippen molar-refractivity contribution in [3.05, 3.63) is 0 Å². The van der Waals surface area contributed by atoms with E-state index in [4.69, 9.17) is 15.2 Å². The van der Waals surface area contributed by atoms with Crippen molar-refractivity contribution < 1.29 is 9.47 Å². The summed E-state index contributed by atoms with van der Waals surface area (Å²) >= 11 is 0. The summed E-state index contributed by atoms with van der Waals surface area (Å²) in [6.45, 7) is 8.74. The zero-order chi connectivity index (χ0) is 12.1. The van der Waals surface area contributed by atoms with Crippen LogP contribution in [0.15, 0.2) is 0 Å². The second-order valence-corrected chi connectivity index (χ2v) is 5.63. The van der Waals surface area contributed by atoms with Crippen molar-refractivity contribution in [1.82, 2.24) is 4.90 Å². The molecule has 2 N–H and O–H groups in total. The molecule has 4 nitrogen and oxygen atoms in total. The van der Waals surface area contributed by atoms with Gasteiger partial charge in [0.2, 0.25) is 0 Å². The molecule has 2 fully saturated rings. The van der Waals surface area contributed by atoms with Gasteiger partial charge in [0.15, 0.2) is 0 Å². The fourth-order valence-electron chi connectivity index (χ4n) is 2.96. The lowest BCUT2D eigenvalue weighted by atomic mass is 9.82. The Morgan fingerprint density at radius 3 is 2.94 bits per heavy atom. The van der Waals surface area contributed by atoms with E-state index in [1.54, 1.807) is 0 Å². The third-order valence-electron chi connectivity index (χ3n) is 3.93. The summed E-state index contributed by atoms with van der Waals surface area (Å²) in [5.74, 6) is 0. The third kappa shape index (κ3) is 3.65. The minimum Gasteiger partial charge on any atom is -0.381 e. The first-order valence-corrected chi connectivity index (χ1v) is 6.86. The topological polar surface area (TPSA) is 47.7 Å². The molecule has 0 aromatic carbocycles. The van der Waals surface area contributed by atoms with Crippen molar-refractivity contribution in [3.8, 4) is 0 Å². The molecular formula is C13H26N2O2. The number of hydrogen-bond acceptors (Lipinski definition) is 4. The maximum absolute atomic E-state index is 5.99. The van der Waals surface area contributed by atoms with E-state index in [2.05, 4.69) is 11.8 Å². The monoisotopic (exact) mass is 242 g/mol. The molecule has 2 atom stereocenters. The second-order valence-electron chi connectivity index (χ2n) is 5.63. The van der Waals surface area contributed by atoms with E-state index in [-0.39, 0.29) is 5.41 Å². The van der Waals surface area contributed by atoms with Crippen molar-refractivity contribution >= 4 is 0 Å². The lowest BCUT2D eigenvalue weighted by Gasteiger charge is -2.40. The van der Waals surface area contributed by atoms with Crippen LogP contribution in [0.3, 0.4) is 0 Å². The van der Waals surface area contributed by atoms with Crippen LogP contribution in [0.4, 0.5) is 0 Å². The van der Waals surface area contributed by atoms with Gasteiger partial charge in [-0.05, 0) is 26.2 Å². The average Bonchev–Trinajstić information content (AvgIpc) is 2.55. The van der Waals surface area contributed by atoms with Crippen LogP contribution in [0.5, 0.6) is 0 Å². The molecule has 4 heteroatoms. The summed E-state index contributed by atoms with van der Waals surface area (Å²) in [5, 5.41) is 0. The van der Waals surface area contributed by atoms with E-state index in [9.17, 15) is 0 Å². The molecule has 2 unspecified atom stereocenters. The van der Waals surface area contributed by atoms with Gasteiger partial charge in [0, 0.05) is 44.8 Å². The van der Waals surface area contributed by atoms with Crippen LogP contribution in [0, 0.1) is 5.41 Å². The fourth-order valence-corrected chi connectivity index (χ4v) is 2.96. The molecule has 2 heterocycles. The van der Waals surface area contributed by atoms with Crippen LogP contribution in [0.25, 0.3) is 0 Å². The van der Waals surface area contributed by atoms with Gasteiger partial charge in [0.1, 0.15) is 0 Å². The highest BCUT2D eigenvalue weighted by atomic mass is 16.5. The Hall–Kier alpha value is -0.160. The summed E-state index contributed by atoms with van der Waals surface area (Å²) in [6.07, 6.45) is 3.83. The number of ether oxygens (including phenoxy) is 2. The first-order valence-electron chi connectivity index (χ1n) is 6.86. The smallest absolute Gasteiger partial charge is 0.0673 e. The fraction of sp³-hybridized carbons (Fsp3) is 1.00. The second kappa shape index (κ2) is 6.14. The Kier molecular flexibility index (Phi) is 4.79. The number of nitrogens with two attached hydrogens (primary N) is 1. The van der Waals surface area contributed by atoms with Crippen LogP contribution < -0.4 is 5.73 Å². The summed E-state index contributed by atoms with van der Waals surface area (Å²) in [5.41, 5.74) is 6.17. The normalized spacial score (nSPS) is 36.7. The van der Waals surface area contributed by atoms with Gasteiger partial charge in [-0.3, -0.25) is 4.90 Å². The van der Waals surface area contributed by atoms with Gasteiger partial charge in [-0.1, -0.05) is 0 Å². The summed E-state index contributed by atoms with van der Waals surface area (Å²) in [6, 6.07) is 0. The maximum atomic E-state index is 5.99. The van der Waals surface area contributed by atoms with E-state index in [1.807, 2.05) is 0 Å². The van der Waals surface area contributed by atoms with E-state index in [0.717, 1.165) is 58.8 Å². The molecular weight excluding hydrogens is 216 g/mol. The van der Waals surface area contributed by atoms with Gasteiger partial charge < -0.3 is 15.2 Å². The largest absolute Gasteiger partial charge is 0.381 e. The molecule has 17 heavy (non-hydrogen) atoms. The Morgan fingerprint density at radius 2 is 2.24 bits per heavy atom. The van der Waals surface area contributed by atoms with E-state index in [0.29, 0.717) is 6.10 Å². The first kappa shape index (κ1) is 13.3. The Balaban J connectivity index is 1.92. The molecule has 100 valence electrons. The number of nitrogens with zero attached hydrogens (tertiary/aromatic N) is 1. The summed E-state index contributed by atoms with van der Waals surface area (Å²) in [7, 11) is 0. The molecule has 0 radical (unpaired) electrons. The molecule has 2 aliphatic heterocycles. The number of rotatable bonds is 3. The molecule has 0 bridgehead atoms. The van der Waals surface area contributed by atoms with Gasteiger partial charge in [0.25, 0.3) is 0 Å². The minimum atomic E-state index is 0.183. The van der Waals surface area contributed by atoms with E-state index < -0.39 is 0 Å². The lowest BCUT2D eigenvalue weighted by molar-refractivity contribution is -0.0251. The summed E-state index contributed by atoms with van der Waals surface area (Å²) in [4.78, 5) is 2.51. The first-order chi connectivity index (χ1) is 8.24. The Labute approximate surface area is 104 Å². The summed E-state index contributed by atoms with van der Waals surface area (Å²) < 4.78 is 11.3. The van der Waals surface area contributed by atoms with Crippen molar-refractivity contribution in [2.75, 3.05) is 46.0 Å². The highest BCUT2D eigenvalue weighted by molar-refractivity contribution is 4.87. The van der Waals surface area contributed by atoms with Crippen molar-refractivity contribution in [2.45, 2.75) is 32.3 Å². The van der Waals surface area contributed by atoms with Crippen molar-refractivity contribution in [2.24, 2.45) is 11.1 Å². The van der Waals surface area contributed by atoms with Crippen LogP contribution in [0.2, 0.25) is 0 Å². The van der Waals surface area contributed by atoms with Gasteiger partial charge in [0.05, 0.1) is 12.7 Å². The average molecular weight is 242 g/mol. The van der Waals surface area contributed by atoms with Crippen LogP contribution in [-0.2, 0) is 9.47 Å². The predicted molar refractivity (Wildman–Crippen MR) is 68.0 cm³/mol. The predicted octanol–water partition coefficient (Wildman–Crippen LogP) is 0.853. The zero-order valence-electron chi connectivity index (χ0n) is 11.0. The Morgan fingerprint density at radius 1 is 1.35 bits per heavy atom. The highest BCUT2D eigenvalue weighted by Gasteiger charge is 2.34. The molecule has 0 saturated carbocycles. The van der Waals surface area contributed by atoms with Gasteiger partial charge in [-0.25, -0.2) is 0 Å². The molecule has 0 aromatic heterocycles. The van der Waals surface area contributed by atoms with Crippen molar-refractivity contribution in [3.63, 3.8) is 0 Å². The molecule has 0 aliphatic carbocycles. The van der Waals surface area contributed by atoms with Crippen LogP contribution >= 0.6 is 0 Å². The SMILES string of the molecule is CC1CN(CC2(CN)CCCOC2)CCCO1. The van der Waals surface area contributed by atoms with Gasteiger partial charge in [-0.2, -0.15) is 0 Å². The van der Waals surface area contributed by atoms with Crippen molar-refractivity contribution in [1.29, 1.82) is 0 Å². The number of hydrogen-bond donors (Lipinski definition) is 1. The molecule has 2 saturated heterocycles. The van der Waals surface area contributed by atoms with Gasteiger partial charge >= 0.3 is 0 Å². The maximum Gasteiger partial charge on any atom is 0.0673 e.